The topological polar surface area (TPSA) is 80.3 Å². The van der Waals surface area contributed by atoms with Crippen molar-refractivity contribution >= 4 is 17.5 Å². The van der Waals surface area contributed by atoms with Gasteiger partial charge >= 0.3 is 0 Å². The van der Waals surface area contributed by atoms with E-state index in [2.05, 4.69) is 15.6 Å². The number of amides is 2. The number of ether oxygens (including phenoxy) is 1. The minimum atomic E-state index is -0.186. The molecule has 142 valence electrons. The Morgan fingerprint density at radius 2 is 1.82 bits per heavy atom. The Kier molecular flexibility index (Phi) is 6.36. The minimum absolute atomic E-state index is 0.151. The highest BCUT2D eigenvalue weighted by Gasteiger charge is 2.06. The predicted octanol–water partition coefficient (Wildman–Crippen LogP) is 3.55. The second-order valence-electron chi connectivity index (χ2n) is 6.20. The van der Waals surface area contributed by atoms with E-state index in [1.165, 1.54) is 6.92 Å². The van der Waals surface area contributed by atoms with Gasteiger partial charge in [-0.05, 0) is 54.1 Å². The van der Waals surface area contributed by atoms with E-state index in [9.17, 15) is 9.59 Å². The van der Waals surface area contributed by atoms with Gasteiger partial charge in [-0.15, -0.1) is 0 Å². The average molecular weight is 375 g/mol. The van der Waals surface area contributed by atoms with E-state index in [1.807, 2.05) is 42.5 Å². The largest absolute Gasteiger partial charge is 0.487 e. The first-order chi connectivity index (χ1) is 13.6. The molecule has 1 heterocycles. The van der Waals surface area contributed by atoms with Gasteiger partial charge in [0, 0.05) is 30.9 Å². The van der Waals surface area contributed by atoms with Crippen molar-refractivity contribution in [2.75, 3.05) is 5.32 Å². The Bertz CT molecular complexity index is 941. The highest BCUT2D eigenvalue weighted by Crippen LogP contribution is 2.15. The lowest BCUT2D eigenvalue weighted by Crippen LogP contribution is -2.22. The van der Waals surface area contributed by atoms with Crippen LogP contribution in [-0.2, 0) is 17.9 Å². The molecule has 6 heteroatoms. The fourth-order valence-electron chi connectivity index (χ4n) is 2.58. The van der Waals surface area contributed by atoms with E-state index < -0.39 is 0 Å². The van der Waals surface area contributed by atoms with Gasteiger partial charge in [0.1, 0.15) is 12.4 Å². The van der Waals surface area contributed by atoms with Crippen LogP contribution >= 0.6 is 0 Å². The summed E-state index contributed by atoms with van der Waals surface area (Å²) in [4.78, 5) is 27.6. The molecule has 0 fully saturated rings. The fourth-order valence-corrected chi connectivity index (χ4v) is 2.58. The molecule has 0 aliphatic heterocycles. The molecular weight excluding hydrogens is 354 g/mol. The van der Waals surface area contributed by atoms with Crippen LogP contribution in [-0.4, -0.2) is 16.8 Å². The summed E-state index contributed by atoms with van der Waals surface area (Å²) in [5.41, 5.74) is 2.96. The second-order valence-corrected chi connectivity index (χ2v) is 6.20. The van der Waals surface area contributed by atoms with Crippen molar-refractivity contribution in [3.8, 4) is 5.75 Å². The second kappa shape index (κ2) is 9.32. The number of anilines is 1. The third kappa shape index (κ3) is 5.67. The van der Waals surface area contributed by atoms with E-state index in [1.54, 1.807) is 30.5 Å². The molecule has 2 N–H and O–H groups in total. The van der Waals surface area contributed by atoms with Crippen LogP contribution in [0.2, 0.25) is 0 Å². The maximum atomic E-state index is 12.3. The Labute approximate surface area is 163 Å². The maximum Gasteiger partial charge on any atom is 0.251 e. The van der Waals surface area contributed by atoms with Gasteiger partial charge in [0.15, 0.2) is 0 Å². The lowest BCUT2D eigenvalue weighted by Gasteiger charge is -2.09. The summed E-state index contributed by atoms with van der Waals surface area (Å²) in [7, 11) is 0. The summed E-state index contributed by atoms with van der Waals surface area (Å²) in [6, 6.07) is 20.0. The van der Waals surface area contributed by atoms with Crippen LogP contribution in [0.4, 0.5) is 5.69 Å². The van der Waals surface area contributed by atoms with Crippen molar-refractivity contribution in [3.05, 3.63) is 89.7 Å². The van der Waals surface area contributed by atoms with Crippen molar-refractivity contribution < 1.29 is 14.3 Å². The number of carbonyl (C=O) groups is 2. The predicted molar refractivity (Wildman–Crippen MR) is 107 cm³/mol. The van der Waals surface area contributed by atoms with Crippen LogP contribution in [0.15, 0.2) is 72.9 Å². The van der Waals surface area contributed by atoms with Crippen LogP contribution in [0, 0.1) is 0 Å². The number of hydrogen-bond donors (Lipinski definition) is 2. The molecule has 6 nitrogen and oxygen atoms in total. The first-order valence-electron chi connectivity index (χ1n) is 8.87. The molecule has 3 aromatic rings. The van der Waals surface area contributed by atoms with Gasteiger partial charge in [-0.3, -0.25) is 14.6 Å². The van der Waals surface area contributed by atoms with Gasteiger partial charge in [-0.2, -0.15) is 0 Å². The number of rotatable bonds is 7. The molecule has 28 heavy (non-hydrogen) atoms. The van der Waals surface area contributed by atoms with Crippen LogP contribution in [0.5, 0.6) is 5.75 Å². The molecule has 0 saturated heterocycles. The molecule has 0 unspecified atom stereocenters. The number of benzene rings is 2. The summed E-state index contributed by atoms with van der Waals surface area (Å²) in [5.74, 6) is 0.383. The number of hydrogen-bond acceptors (Lipinski definition) is 4. The summed E-state index contributed by atoms with van der Waals surface area (Å²) in [5, 5.41) is 5.55. The van der Waals surface area contributed by atoms with Crippen LogP contribution in [0.25, 0.3) is 0 Å². The van der Waals surface area contributed by atoms with Crippen LogP contribution in [0.3, 0.4) is 0 Å². The fraction of sp³-hybridized carbons (Fsp3) is 0.136. The SMILES string of the molecule is CC(=O)Nc1ccc(C(=O)NCc2cccc(OCc3ccccn3)c2)cc1. The number of carbonyl (C=O) groups excluding carboxylic acids is 2. The number of nitrogens with zero attached hydrogens (tertiary/aromatic N) is 1. The van der Waals surface area contributed by atoms with E-state index in [0.29, 0.717) is 24.4 Å². The molecule has 0 bridgehead atoms. The van der Waals surface area contributed by atoms with Gasteiger partial charge in [0.05, 0.1) is 5.69 Å². The summed E-state index contributed by atoms with van der Waals surface area (Å²) in [6.45, 7) is 2.21. The van der Waals surface area contributed by atoms with Crippen molar-refractivity contribution in [3.63, 3.8) is 0 Å². The number of nitrogens with one attached hydrogen (secondary N) is 2. The highest BCUT2D eigenvalue weighted by atomic mass is 16.5. The van der Waals surface area contributed by atoms with Gasteiger partial charge < -0.3 is 15.4 Å². The third-order valence-electron chi connectivity index (χ3n) is 3.93. The molecule has 1 aromatic heterocycles. The zero-order chi connectivity index (χ0) is 19.8. The summed E-state index contributed by atoms with van der Waals surface area (Å²) in [6.07, 6.45) is 1.73. The number of pyridine rings is 1. The highest BCUT2D eigenvalue weighted by molar-refractivity contribution is 5.95. The van der Waals surface area contributed by atoms with Gasteiger partial charge in [0.2, 0.25) is 5.91 Å². The molecule has 0 aliphatic rings. The van der Waals surface area contributed by atoms with Crippen molar-refractivity contribution in [1.29, 1.82) is 0 Å². The maximum absolute atomic E-state index is 12.3. The Balaban J connectivity index is 1.54. The zero-order valence-electron chi connectivity index (χ0n) is 15.5. The van der Waals surface area contributed by atoms with Crippen molar-refractivity contribution in [1.82, 2.24) is 10.3 Å². The normalized spacial score (nSPS) is 10.2. The lowest BCUT2D eigenvalue weighted by atomic mass is 10.1. The lowest BCUT2D eigenvalue weighted by molar-refractivity contribution is -0.114. The molecular formula is C22H21N3O3. The van der Waals surface area contributed by atoms with Gasteiger partial charge in [-0.25, -0.2) is 0 Å². The van der Waals surface area contributed by atoms with E-state index >= 15 is 0 Å². The average Bonchev–Trinajstić information content (AvgIpc) is 2.72. The standard InChI is InChI=1S/C22H21N3O3/c1-16(26)25-19-10-8-18(9-11-19)22(27)24-14-17-5-4-7-21(13-17)28-15-20-6-2-3-12-23-20/h2-13H,14-15H2,1H3,(H,24,27)(H,25,26). The first-order valence-corrected chi connectivity index (χ1v) is 8.87. The molecule has 0 saturated carbocycles. The monoisotopic (exact) mass is 375 g/mol. The quantitative estimate of drug-likeness (QED) is 0.662. The Morgan fingerprint density at radius 3 is 2.54 bits per heavy atom. The van der Waals surface area contributed by atoms with Crippen molar-refractivity contribution in [2.45, 2.75) is 20.1 Å². The molecule has 2 amide bonds. The first kappa shape index (κ1) is 19.1. The molecule has 0 atom stereocenters. The van der Waals surface area contributed by atoms with E-state index in [-0.39, 0.29) is 11.8 Å². The van der Waals surface area contributed by atoms with Crippen LogP contribution < -0.4 is 15.4 Å². The Hall–Kier alpha value is -3.67. The molecule has 0 spiro atoms. The summed E-state index contributed by atoms with van der Waals surface area (Å²) >= 11 is 0. The minimum Gasteiger partial charge on any atom is -0.487 e. The van der Waals surface area contributed by atoms with E-state index in [0.717, 1.165) is 17.0 Å². The molecule has 3 rings (SSSR count). The van der Waals surface area contributed by atoms with Crippen LogP contribution in [0.1, 0.15) is 28.5 Å². The van der Waals surface area contributed by atoms with Gasteiger partial charge in [-0.1, -0.05) is 18.2 Å². The third-order valence-corrected chi connectivity index (χ3v) is 3.93. The summed E-state index contributed by atoms with van der Waals surface area (Å²) < 4.78 is 5.76. The molecule has 0 aliphatic carbocycles. The smallest absolute Gasteiger partial charge is 0.251 e. The molecule has 0 radical (unpaired) electrons. The van der Waals surface area contributed by atoms with E-state index in [4.69, 9.17) is 4.74 Å². The van der Waals surface area contributed by atoms with Gasteiger partial charge in [0.25, 0.3) is 5.91 Å². The van der Waals surface area contributed by atoms with Crippen molar-refractivity contribution in [2.24, 2.45) is 0 Å². The molecule has 2 aromatic carbocycles. The zero-order valence-corrected chi connectivity index (χ0v) is 15.5. The Morgan fingerprint density at radius 1 is 1.00 bits per heavy atom. The number of aromatic nitrogens is 1.